The van der Waals surface area contributed by atoms with Gasteiger partial charge >= 0.3 is 0 Å². The van der Waals surface area contributed by atoms with Gasteiger partial charge in [0.2, 0.25) is 0 Å². The number of hydrogen-bond donors (Lipinski definition) is 1. The van der Waals surface area contributed by atoms with Crippen LogP contribution in [0.5, 0.6) is 0 Å². The van der Waals surface area contributed by atoms with Crippen LogP contribution in [0.2, 0.25) is 0 Å². The number of nitrogens with one attached hydrogen (secondary N) is 1. The van der Waals surface area contributed by atoms with Gasteiger partial charge in [0.05, 0.1) is 0 Å². The van der Waals surface area contributed by atoms with Crippen LogP contribution in [0.4, 0.5) is 5.69 Å². The molecule has 0 atom stereocenters. The molecular weight excluding hydrogens is 196 g/mol. The second kappa shape index (κ2) is 4.71. The highest BCUT2D eigenvalue weighted by Crippen LogP contribution is 2.27. The molecule has 1 N–H and O–H groups in total. The van der Waals surface area contributed by atoms with Crippen LogP contribution in [0.3, 0.4) is 0 Å². The van der Waals surface area contributed by atoms with E-state index in [9.17, 15) is 0 Å². The van der Waals surface area contributed by atoms with Crippen LogP contribution in [0.15, 0.2) is 23.8 Å². The largest absolute Gasteiger partial charge is 0.374 e. The summed E-state index contributed by atoms with van der Waals surface area (Å²) in [7, 11) is 4.14. The Morgan fingerprint density at radius 3 is 3.06 bits per heavy atom. The van der Waals surface area contributed by atoms with Gasteiger partial charge in [-0.05, 0) is 43.7 Å². The Balaban J connectivity index is 2.22. The van der Waals surface area contributed by atoms with Crippen molar-refractivity contribution in [2.75, 3.05) is 32.1 Å². The van der Waals surface area contributed by atoms with Crippen LogP contribution in [0.1, 0.15) is 18.1 Å². The molecule has 16 heavy (non-hydrogen) atoms. The van der Waals surface area contributed by atoms with E-state index in [1.165, 1.54) is 28.8 Å². The van der Waals surface area contributed by atoms with Crippen LogP contribution >= 0.6 is 0 Å². The summed E-state index contributed by atoms with van der Waals surface area (Å²) in [6.45, 7) is 4.27. The summed E-state index contributed by atoms with van der Waals surface area (Å²) in [6.07, 6.45) is 3.44. The third kappa shape index (κ3) is 2.27. The fraction of sp³-hybridized carbons (Fsp3) is 0.429. The Morgan fingerprint density at radius 1 is 1.50 bits per heavy atom. The molecule has 0 fully saturated rings. The van der Waals surface area contributed by atoms with E-state index in [0.717, 1.165) is 13.1 Å². The quantitative estimate of drug-likeness (QED) is 0.834. The molecule has 0 unspecified atom stereocenters. The molecule has 0 aromatic heterocycles. The van der Waals surface area contributed by atoms with Gasteiger partial charge in [0.25, 0.3) is 0 Å². The van der Waals surface area contributed by atoms with Crippen molar-refractivity contribution in [1.82, 2.24) is 5.32 Å². The summed E-state index contributed by atoms with van der Waals surface area (Å²) in [4.78, 5) is 2.32. The highest BCUT2D eigenvalue weighted by molar-refractivity contribution is 5.64. The molecule has 0 aliphatic carbocycles. The highest BCUT2D eigenvalue weighted by atomic mass is 15.1. The van der Waals surface area contributed by atoms with Crippen LogP contribution in [0.25, 0.3) is 6.08 Å². The first-order chi connectivity index (χ1) is 7.70. The van der Waals surface area contributed by atoms with E-state index in [1.54, 1.807) is 0 Å². The van der Waals surface area contributed by atoms with Crippen LogP contribution in [0, 0.1) is 0 Å². The van der Waals surface area contributed by atoms with Crippen molar-refractivity contribution >= 4 is 11.8 Å². The second-order valence-electron chi connectivity index (χ2n) is 4.58. The van der Waals surface area contributed by atoms with E-state index < -0.39 is 0 Å². The maximum Gasteiger partial charge on any atom is 0.0397 e. The van der Waals surface area contributed by atoms with Crippen molar-refractivity contribution in [1.29, 1.82) is 0 Å². The van der Waals surface area contributed by atoms with Gasteiger partial charge in [0.15, 0.2) is 0 Å². The smallest absolute Gasteiger partial charge is 0.0397 e. The lowest BCUT2D eigenvalue weighted by Crippen LogP contribution is -2.12. The first kappa shape index (κ1) is 11.2. The molecule has 0 radical (unpaired) electrons. The van der Waals surface area contributed by atoms with Gasteiger partial charge in [0, 0.05) is 25.8 Å². The standard InChI is InChI=1S/C14H20N2/c1-11(10-15-2)8-12-4-5-14-13(9-12)6-7-16(14)3/h4-5,8-9,15H,6-7,10H2,1-3H3. The number of likely N-dealkylation sites (N-methyl/N-ethyl adjacent to an activating group) is 2. The van der Waals surface area contributed by atoms with E-state index in [0.29, 0.717) is 0 Å². The van der Waals surface area contributed by atoms with Crippen molar-refractivity contribution in [3.63, 3.8) is 0 Å². The lowest BCUT2D eigenvalue weighted by Gasteiger charge is -2.11. The summed E-state index contributed by atoms with van der Waals surface area (Å²) in [5.74, 6) is 0. The van der Waals surface area contributed by atoms with Crippen molar-refractivity contribution in [2.24, 2.45) is 0 Å². The normalized spacial score (nSPS) is 15.4. The number of hydrogen-bond acceptors (Lipinski definition) is 2. The maximum absolute atomic E-state index is 3.17. The minimum atomic E-state index is 0.955. The zero-order valence-corrected chi connectivity index (χ0v) is 10.4. The second-order valence-corrected chi connectivity index (χ2v) is 4.58. The molecule has 0 bridgehead atoms. The lowest BCUT2D eigenvalue weighted by atomic mass is 10.1. The zero-order chi connectivity index (χ0) is 11.5. The predicted octanol–water partition coefficient (Wildman–Crippen LogP) is 2.30. The fourth-order valence-corrected chi connectivity index (χ4v) is 2.29. The third-order valence-corrected chi connectivity index (χ3v) is 3.10. The summed E-state index contributed by atoms with van der Waals surface area (Å²) < 4.78 is 0. The van der Waals surface area contributed by atoms with Crippen LogP contribution in [-0.4, -0.2) is 27.2 Å². The molecule has 0 amide bonds. The van der Waals surface area contributed by atoms with Crippen molar-refractivity contribution in [2.45, 2.75) is 13.3 Å². The van der Waals surface area contributed by atoms with Crippen molar-refractivity contribution in [3.05, 3.63) is 34.9 Å². The van der Waals surface area contributed by atoms with E-state index in [2.05, 4.69) is 48.5 Å². The molecule has 2 rings (SSSR count). The third-order valence-electron chi connectivity index (χ3n) is 3.10. The molecule has 0 saturated carbocycles. The van der Waals surface area contributed by atoms with Gasteiger partial charge in [-0.3, -0.25) is 0 Å². The van der Waals surface area contributed by atoms with Gasteiger partial charge in [-0.25, -0.2) is 0 Å². The van der Waals surface area contributed by atoms with Gasteiger partial charge in [-0.2, -0.15) is 0 Å². The monoisotopic (exact) mass is 216 g/mol. The summed E-state index contributed by atoms with van der Waals surface area (Å²) in [6, 6.07) is 6.76. The minimum Gasteiger partial charge on any atom is -0.374 e. The Kier molecular flexibility index (Phi) is 3.30. The average molecular weight is 216 g/mol. The molecular formula is C14H20N2. The molecule has 2 nitrogen and oxygen atoms in total. The van der Waals surface area contributed by atoms with E-state index >= 15 is 0 Å². The van der Waals surface area contributed by atoms with Crippen LogP contribution < -0.4 is 10.2 Å². The topological polar surface area (TPSA) is 15.3 Å². The number of rotatable bonds is 3. The zero-order valence-electron chi connectivity index (χ0n) is 10.4. The summed E-state index contributed by atoms with van der Waals surface area (Å²) in [5, 5.41) is 3.17. The molecule has 0 saturated heterocycles. The first-order valence-electron chi connectivity index (χ1n) is 5.86. The van der Waals surface area contributed by atoms with Gasteiger partial charge in [-0.1, -0.05) is 17.7 Å². The average Bonchev–Trinajstić information content (AvgIpc) is 2.60. The van der Waals surface area contributed by atoms with Crippen molar-refractivity contribution < 1.29 is 0 Å². The number of fused-ring (bicyclic) bond motifs is 1. The van der Waals surface area contributed by atoms with Crippen LogP contribution in [-0.2, 0) is 6.42 Å². The molecule has 2 heteroatoms. The van der Waals surface area contributed by atoms with E-state index in [4.69, 9.17) is 0 Å². The Bertz CT molecular complexity index is 407. The Morgan fingerprint density at radius 2 is 2.31 bits per heavy atom. The lowest BCUT2D eigenvalue weighted by molar-refractivity contribution is 0.884. The molecule has 0 spiro atoms. The highest BCUT2D eigenvalue weighted by Gasteiger charge is 2.14. The molecule has 1 aliphatic rings. The molecule has 1 aliphatic heterocycles. The fourth-order valence-electron chi connectivity index (χ4n) is 2.29. The van der Waals surface area contributed by atoms with E-state index in [-0.39, 0.29) is 0 Å². The van der Waals surface area contributed by atoms with E-state index in [1.807, 2.05) is 7.05 Å². The van der Waals surface area contributed by atoms with Crippen molar-refractivity contribution in [3.8, 4) is 0 Å². The minimum absolute atomic E-state index is 0.955. The predicted molar refractivity (Wildman–Crippen MR) is 71.0 cm³/mol. The van der Waals surface area contributed by atoms with Gasteiger partial charge in [-0.15, -0.1) is 0 Å². The SMILES string of the molecule is CNCC(C)=Cc1ccc2c(c1)CCN2C. The molecule has 1 aromatic carbocycles. The Hall–Kier alpha value is -1.28. The molecule has 86 valence electrons. The van der Waals surface area contributed by atoms with Gasteiger partial charge in [0.1, 0.15) is 0 Å². The molecule has 1 heterocycles. The Labute approximate surface area is 98.0 Å². The number of benzene rings is 1. The number of anilines is 1. The van der Waals surface area contributed by atoms with Gasteiger partial charge < -0.3 is 10.2 Å². The number of nitrogens with zero attached hydrogens (tertiary/aromatic N) is 1. The summed E-state index contributed by atoms with van der Waals surface area (Å²) in [5.41, 5.74) is 5.56. The molecule has 1 aromatic rings. The maximum atomic E-state index is 3.17. The summed E-state index contributed by atoms with van der Waals surface area (Å²) >= 11 is 0. The first-order valence-corrected chi connectivity index (χ1v) is 5.86.